The molecule has 0 unspecified atom stereocenters. The molecule has 0 radical (unpaired) electrons. The fourth-order valence-corrected chi connectivity index (χ4v) is 10.0. The molecule has 380 valence electrons. The first-order valence-corrected chi connectivity index (χ1v) is 21.8. The molecule has 2 nitrogen and oxygen atoms in total. The van der Waals surface area contributed by atoms with Crippen LogP contribution in [-0.2, 0) is 49.4 Å². The minimum atomic E-state index is -6.13. The molecule has 30 heteroatoms. The molecule has 0 saturated heterocycles. The van der Waals surface area contributed by atoms with Crippen LogP contribution in [0.2, 0.25) is 0 Å². The van der Waals surface area contributed by atoms with Crippen LogP contribution in [0.4, 0.5) is 105 Å². The van der Waals surface area contributed by atoms with E-state index in [1.54, 1.807) is 0 Å². The zero-order valence-electron chi connectivity index (χ0n) is 32.8. The quantitative estimate of drug-likeness (QED) is 0.0944. The standard InChI is InChI=1S/C32H12BF24.C8H4Br2IO2/c34-25(35,36)13-1-14(26(37,38)39)6-21(5-13)33(22-7-15(27(40,41)42)2-16(8-22)28(43,44)45,23-9-17(29(46,47)48)3-18(10-23)30(49,50)51)24-11-19(31(52,53)54)4-20(12-24)32(55,56)57;9-5-1-3-7(12-5)11-8-4-2-6(10)13-8/h1-12H;1-4H/q-1;+1. The van der Waals surface area contributed by atoms with Crippen molar-refractivity contribution in [1.29, 1.82) is 0 Å². The highest BCUT2D eigenvalue weighted by Gasteiger charge is 2.47. The molecule has 2 heterocycles. The highest BCUT2D eigenvalue weighted by molar-refractivity contribution is 9.10. The number of rotatable bonds is 6. The predicted molar refractivity (Wildman–Crippen MR) is 200 cm³/mol. The summed E-state index contributed by atoms with van der Waals surface area (Å²) in [4.78, 5) is 0. The van der Waals surface area contributed by atoms with Crippen molar-refractivity contribution < 1.29 is 135 Å². The average Bonchev–Trinajstić information content (AvgIpc) is 3.81. The van der Waals surface area contributed by atoms with Crippen LogP contribution in [0.3, 0.4) is 0 Å². The lowest BCUT2D eigenvalue weighted by Gasteiger charge is -2.46. The maximum absolute atomic E-state index is 14.2. The predicted octanol–water partition coefficient (Wildman–Crippen LogP) is 11.7. The van der Waals surface area contributed by atoms with Gasteiger partial charge in [0.25, 0.3) is 0 Å². The zero-order chi connectivity index (χ0) is 53.2. The summed E-state index contributed by atoms with van der Waals surface area (Å²) in [5.41, 5.74) is -30.2. The molecular formula is C40H16BBr2F24IO2. The van der Waals surface area contributed by atoms with Crippen molar-refractivity contribution in [1.82, 2.24) is 0 Å². The number of benzene rings is 4. The van der Waals surface area contributed by atoms with Gasteiger partial charge in [-0.3, -0.25) is 0 Å². The van der Waals surface area contributed by atoms with Gasteiger partial charge in [0.1, 0.15) is 6.15 Å². The molecule has 70 heavy (non-hydrogen) atoms. The van der Waals surface area contributed by atoms with E-state index in [0.29, 0.717) is 0 Å². The van der Waals surface area contributed by atoms with Crippen LogP contribution >= 0.6 is 31.9 Å². The van der Waals surface area contributed by atoms with Crippen molar-refractivity contribution in [3.05, 3.63) is 158 Å². The summed E-state index contributed by atoms with van der Waals surface area (Å²) in [5.74, 6) is 0. The third-order valence-electron chi connectivity index (χ3n) is 9.71. The molecule has 6 aromatic rings. The van der Waals surface area contributed by atoms with Crippen LogP contribution in [0.1, 0.15) is 44.5 Å². The molecule has 0 atom stereocenters. The Labute approximate surface area is 401 Å². The highest BCUT2D eigenvalue weighted by Crippen LogP contribution is 2.41. The molecule has 0 fully saturated rings. The summed E-state index contributed by atoms with van der Waals surface area (Å²) in [6.45, 7) is 0. The Bertz CT molecular complexity index is 2370. The molecule has 6 rings (SSSR count). The first-order chi connectivity index (χ1) is 31.5. The van der Waals surface area contributed by atoms with Crippen molar-refractivity contribution in [2.45, 2.75) is 49.4 Å². The Balaban J connectivity index is 0.000000600. The minimum Gasteiger partial charge on any atom is -0.411 e. The lowest BCUT2D eigenvalue weighted by atomic mass is 9.12. The second-order valence-corrected chi connectivity index (χ2v) is 18.6. The summed E-state index contributed by atoms with van der Waals surface area (Å²) in [7, 11) is 0. The fourth-order valence-electron chi connectivity index (χ4n) is 6.85. The molecule has 0 N–H and O–H groups in total. The van der Waals surface area contributed by atoms with Crippen LogP contribution in [-0.4, -0.2) is 6.15 Å². The monoisotopic (exact) mass is 1280 g/mol. The first-order valence-electron chi connectivity index (χ1n) is 18.0. The van der Waals surface area contributed by atoms with Gasteiger partial charge in [0.15, 0.2) is 9.34 Å². The number of alkyl halides is 24. The van der Waals surface area contributed by atoms with Crippen molar-refractivity contribution in [3.63, 3.8) is 0 Å². The number of hydrogen-bond donors (Lipinski definition) is 0. The Morgan fingerprint density at radius 3 is 0.586 bits per heavy atom. The second-order valence-electron chi connectivity index (χ2n) is 14.4. The number of furan rings is 2. The van der Waals surface area contributed by atoms with Gasteiger partial charge >= 0.3 is 78.1 Å². The molecule has 4 aromatic carbocycles. The minimum absolute atomic E-state index is 0.323. The van der Waals surface area contributed by atoms with Crippen molar-refractivity contribution in [2.75, 3.05) is 0 Å². The Hall–Kier alpha value is -4.49. The van der Waals surface area contributed by atoms with Crippen LogP contribution in [0.25, 0.3) is 0 Å². The van der Waals surface area contributed by atoms with Crippen molar-refractivity contribution >= 4 is 59.9 Å². The van der Waals surface area contributed by atoms with E-state index in [1.807, 2.05) is 24.3 Å². The lowest BCUT2D eigenvalue weighted by Crippen LogP contribution is -3.61. The molecule has 0 saturated carbocycles. The van der Waals surface area contributed by atoms with Gasteiger partial charge in [-0.25, -0.2) is 0 Å². The molecule has 0 aliphatic rings. The molecule has 0 aliphatic carbocycles. The smallest absolute Gasteiger partial charge is 0.411 e. The van der Waals surface area contributed by atoms with E-state index < -0.39 is 195 Å². The van der Waals surface area contributed by atoms with E-state index in [0.717, 1.165) is 16.9 Å². The maximum Gasteiger partial charge on any atom is 0.443 e. The molecular weight excluding hydrogens is 1270 g/mol. The molecule has 0 aliphatic heterocycles. The van der Waals surface area contributed by atoms with Gasteiger partial charge in [-0.15, -0.1) is 0 Å². The van der Waals surface area contributed by atoms with Gasteiger partial charge < -0.3 is 8.83 Å². The fraction of sp³-hybridized carbons (Fsp3) is 0.200. The number of halogens is 27. The number of hydrogen-bond acceptors (Lipinski definition) is 2. The second kappa shape index (κ2) is 19.2. The Morgan fingerprint density at radius 1 is 0.286 bits per heavy atom. The van der Waals surface area contributed by atoms with E-state index in [-0.39, 0.29) is 21.2 Å². The lowest BCUT2D eigenvalue weighted by molar-refractivity contribution is -0.636. The van der Waals surface area contributed by atoms with Crippen molar-refractivity contribution in [3.8, 4) is 0 Å². The van der Waals surface area contributed by atoms with E-state index in [4.69, 9.17) is 8.83 Å². The molecule has 0 bridgehead atoms. The normalized spacial score (nSPS) is 13.6. The summed E-state index contributed by atoms with van der Waals surface area (Å²) >= 11 is 6.20. The molecule has 0 spiro atoms. The zero-order valence-corrected chi connectivity index (χ0v) is 38.2. The van der Waals surface area contributed by atoms with Crippen molar-refractivity contribution in [2.24, 2.45) is 0 Å². The molecule has 2 aromatic heterocycles. The summed E-state index contributed by atoms with van der Waals surface area (Å²) in [6, 6.07) is -1.09. The summed E-state index contributed by atoms with van der Waals surface area (Å²) < 4.78 is 355. The van der Waals surface area contributed by atoms with Crippen LogP contribution < -0.4 is 43.1 Å². The van der Waals surface area contributed by atoms with Crippen LogP contribution in [0.15, 0.2) is 115 Å². The maximum atomic E-state index is 14.2. The molecule has 0 amide bonds. The third-order valence-corrected chi connectivity index (χ3v) is 12.8. The Kier molecular flexibility index (Phi) is 15.5. The van der Waals surface area contributed by atoms with Gasteiger partial charge in [-0.2, -0.15) is 127 Å². The largest absolute Gasteiger partial charge is 0.443 e. The Morgan fingerprint density at radius 2 is 0.457 bits per heavy atom. The van der Waals surface area contributed by atoms with E-state index >= 15 is 0 Å². The van der Waals surface area contributed by atoms with E-state index in [1.165, 1.54) is 0 Å². The van der Waals surface area contributed by atoms with Gasteiger partial charge in [-0.05, 0) is 68.3 Å². The van der Waals surface area contributed by atoms with E-state index in [9.17, 15) is 105 Å². The van der Waals surface area contributed by atoms with Gasteiger partial charge in [-0.1, -0.05) is 48.5 Å². The van der Waals surface area contributed by atoms with Gasteiger partial charge in [0.05, 0.1) is 44.5 Å². The summed E-state index contributed by atoms with van der Waals surface area (Å²) in [5, 5.41) is 0. The van der Waals surface area contributed by atoms with Gasteiger partial charge in [0.2, 0.25) is 0 Å². The third kappa shape index (κ3) is 13.1. The SMILES string of the molecule is Brc1ccc([I+]c2ccc(Br)o2)o1.FC(F)(F)c1cc([B-](c2cc(C(F)(F)F)cc(C(F)(F)F)c2)(c2cc(C(F)(F)F)cc(C(F)(F)F)c2)c2cc(C(F)(F)F)cc(C(F)(F)F)c2)cc(C(F)(F)F)c1. The van der Waals surface area contributed by atoms with E-state index in [2.05, 4.69) is 31.9 Å². The highest BCUT2D eigenvalue weighted by atomic mass is 127. The summed E-state index contributed by atoms with van der Waals surface area (Å²) in [6.07, 6.45) is -54.8. The topological polar surface area (TPSA) is 26.3 Å². The van der Waals surface area contributed by atoms with Gasteiger partial charge in [0, 0.05) is 12.1 Å². The first kappa shape index (κ1) is 56.4. The average molecular weight is 1280 g/mol. The van der Waals surface area contributed by atoms with Crippen LogP contribution in [0, 0.1) is 7.53 Å². The van der Waals surface area contributed by atoms with Crippen LogP contribution in [0.5, 0.6) is 0 Å².